The number of hydrogen-bond acceptors (Lipinski definition) is 9. The van der Waals surface area contributed by atoms with Crippen molar-refractivity contribution in [3.8, 4) is 33.8 Å². The smallest absolute Gasteiger partial charge is 0.258 e. The summed E-state index contributed by atoms with van der Waals surface area (Å²) in [5, 5.41) is 0. The molecule has 6 heterocycles. The predicted molar refractivity (Wildman–Crippen MR) is 404 cm³/mol. The maximum Gasteiger partial charge on any atom is 0.258 e. The van der Waals surface area contributed by atoms with E-state index >= 15 is 0 Å². The Labute approximate surface area is 597 Å². The van der Waals surface area contributed by atoms with Crippen LogP contribution in [0.4, 0.5) is 17.1 Å². The van der Waals surface area contributed by atoms with E-state index in [0.717, 1.165) is 177 Å². The first-order valence-corrected chi connectivity index (χ1v) is 36.1. The summed E-state index contributed by atoms with van der Waals surface area (Å²) in [4.78, 5) is 88.9. The molecule has 15 nitrogen and oxygen atoms in total. The maximum atomic E-state index is 13.9. The Balaban J connectivity index is 0.000000130. The van der Waals surface area contributed by atoms with Gasteiger partial charge in [0.05, 0.1) is 45.5 Å². The number of benzene rings is 8. The number of nitrogens with one attached hydrogen (secondary N) is 1. The number of nitrogens with two attached hydrogens (primary N) is 1. The predicted octanol–water partition coefficient (Wildman–Crippen LogP) is 16.0. The van der Waals surface area contributed by atoms with Crippen molar-refractivity contribution in [2.24, 2.45) is 17.6 Å². The molecular weight excluding hydrogens is 1270 g/mol. The van der Waals surface area contributed by atoms with Gasteiger partial charge in [0.25, 0.3) is 17.7 Å². The Kier molecular flexibility index (Phi) is 19.9. The highest BCUT2D eigenvalue weighted by Crippen LogP contribution is 2.42. The van der Waals surface area contributed by atoms with Crippen LogP contribution in [0.2, 0.25) is 0 Å². The summed E-state index contributed by atoms with van der Waals surface area (Å²) in [5.41, 5.74) is 29.0. The molecule has 2 aliphatic carbocycles. The molecule has 0 bridgehead atoms. The van der Waals surface area contributed by atoms with Crippen molar-refractivity contribution < 1.29 is 24.0 Å². The third kappa shape index (κ3) is 14.5. The minimum atomic E-state index is -0.00218. The zero-order chi connectivity index (χ0) is 70.7. The van der Waals surface area contributed by atoms with E-state index in [-0.39, 0.29) is 17.7 Å². The van der Waals surface area contributed by atoms with Gasteiger partial charge in [-0.15, -0.1) is 0 Å². The van der Waals surface area contributed by atoms with Crippen LogP contribution >= 0.6 is 0 Å². The second kappa shape index (κ2) is 29.7. The first kappa shape index (κ1) is 68.2. The van der Waals surface area contributed by atoms with Crippen LogP contribution in [-0.4, -0.2) is 78.0 Å². The Morgan fingerprint density at radius 2 is 0.804 bits per heavy atom. The Hall–Kier alpha value is -10.9. The monoisotopic (exact) mass is 1350 g/mol. The molecule has 3 amide bonds. The number of para-hydroxylation sites is 3. The van der Waals surface area contributed by atoms with Crippen LogP contribution in [0.1, 0.15) is 149 Å². The standard InChI is InChI=1S/C33H33N3O2.C28H28N4O.C26H27N3O2/c1-22-20-27(15-12-25(22)16-17-31(37)26-13-14-26)33(38)35-19-18-29-32(28-10-6-7-11-30(28)35)36(23(2)34-29)21-24-8-4-3-5-9-24;1-19-16-22(12-13-23(19)17-29)28(33)31-15-14-25-27(24-10-6-7-11-26(24)31)32(20(2)30-25)18-21-8-4-3-5-9-21;1-16-15-20(10-7-18(16)11-12-24(30)19-8-9-19)26(31)29-14-13-22-25(28-17(2)27-22)21-5-3-4-6-23(21)29/h3-12,15,20,26H,13-14,16-19,21H2,1-2H3;3-13,16H,14-15,17-18,29H2,1-2H3;3-7,10,15,19H,8-9,11-14H2,1-2H3,(H,27,28). The van der Waals surface area contributed by atoms with Crippen molar-refractivity contribution in [3.05, 3.63) is 284 Å². The first-order chi connectivity index (χ1) is 49.6. The average molecular weight is 1350 g/mol. The number of aromatic amines is 1. The van der Waals surface area contributed by atoms with Gasteiger partial charge in [0.1, 0.15) is 29.0 Å². The van der Waals surface area contributed by atoms with Gasteiger partial charge in [-0.3, -0.25) is 24.0 Å². The Morgan fingerprint density at radius 3 is 1.21 bits per heavy atom. The highest BCUT2D eigenvalue weighted by atomic mass is 16.2. The highest BCUT2D eigenvalue weighted by Gasteiger charge is 2.34. The van der Waals surface area contributed by atoms with Crippen molar-refractivity contribution >= 4 is 46.4 Å². The minimum Gasteiger partial charge on any atom is -0.346 e. The highest BCUT2D eigenvalue weighted by molar-refractivity contribution is 6.10. The van der Waals surface area contributed by atoms with Gasteiger partial charge in [0.2, 0.25) is 0 Å². The number of Topliss-reactive ketones (excluding diaryl/α,β-unsaturated/α-hetero) is 2. The molecule has 102 heavy (non-hydrogen) atoms. The van der Waals surface area contributed by atoms with Gasteiger partial charge in [0.15, 0.2) is 0 Å². The number of ketones is 2. The summed E-state index contributed by atoms with van der Waals surface area (Å²) < 4.78 is 4.55. The van der Waals surface area contributed by atoms with E-state index in [0.29, 0.717) is 92.0 Å². The lowest BCUT2D eigenvalue weighted by molar-refractivity contribution is -0.121. The van der Waals surface area contributed by atoms with Crippen LogP contribution in [0.15, 0.2) is 188 Å². The molecule has 16 rings (SSSR count). The summed E-state index contributed by atoms with van der Waals surface area (Å²) in [5.74, 6) is 4.24. The number of aryl methyl sites for hydroxylation is 8. The average Bonchev–Trinajstić information content (AvgIpc) is 1.64. The van der Waals surface area contributed by atoms with E-state index in [1.165, 1.54) is 11.1 Å². The fourth-order valence-electron chi connectivity index (χ4n) is 14.9. The number of imidazole rings is 3. The molecule has 8 aromatic carbocycles. The van der Waals surface area contributed by atoms with Crippen molar-refractivity contribution in [2.45, 2.75) is 132 Å². The molecule has 0 unspecified atom stereocenters. The quantitative estimate of drug-likeness (QED) is 0.0950. The fraction of sp³-hybridized carbons (Fsp3) is 0.287. The zero-order valence-corrected chi connectivity index (χ0v) is 59.3. The first-order valence-electron chi connectivity index (χ1n) is 36.1. The molecular formula is C87H88N10O5. The zero-order valence-electron chi connectivity index (χ0n) is 59.3. The number of aromatic nitrogens is 6. The van der Waals surface area contributed by atoms with Gasteiger partial charge in [-0.25, -0.2) is 15.0 Å². The molecule has 3 aliphatic heterocycles. The lowest BCUT2D eigenvalue weighted by Gasteiger charge is -2.24. The SMILES string of the molecule is Cc1cc(C(=O)N2CCc3nc(C)n(Cc4ccccc4)c3-c3ccccc32)ccc1CCC(=O)C1CC1.Cc1cc(C(=O)N2CCc3nc(C)n(Cc4ccccc4)c3-c3ccccc32)ccc1CN.Cc1nc2c([nH]1)CCN(C(=O)c1ccc(CCC(=O)C3CC3)c(C)c1)c1ccccc1-2. The topological polar surface area (TPSA) is 185 Å². The van der Waals surface area contributed by atoms with Crippen LogP contribution in [0, 0.1) is 53.4 Å². The number of hydrogen-bond donors (Lipinski definition) is 2. The van der Waals surface area contributed by atoms with Crippen LogP contribution in [0.5, 0.6) is 0 Å². The molecule has 3 aromatic heterocycles. The molecule has 0 saturated heterocycles. The summed E-state index contributed by atoms with van der Waals surface area (Å²) in [6.07, 6.45) is 9.04. The van der Waals surface area contributed by atoms with E-state index in [9.17, 15) is 24.0 Å². The molecule has 2 fully saturated rings. The lowest BCUT2D eigenvalue weighted by atomic mass is 9.98. The van der Waals surface area contributed by atoms with Crippen molar-refractivity contribution in [1.82, 2.24) is 29.1 Å². The normalized spacial score (nSPS) is 14.2. The molecule has 3 N–H and O–H groups in total. The van der Waals surface area contributed by atoms with Gasteiger partial charge in [-0.05, 0) is 179 Å². The maximum absolute atomic E-state index is 13.9. The third-order valence-electron chi connectivity index (χ3n) is 20.9. The van der Waals surface area contributed by atoms with Crippen molar-refractivity contribution in [2.75, 3.05) is 34.3 Å². The number of carbonyl (C=O) groups excluding carboxylic acids is 5. The molecule has 0 atom stereocenters. The van der Waals surface area contributed by atoms with Gasteiger partial charge >= 0.3 is 0 Å². The van der Waals surface area contributed by atoms with Crippen LogP contribution < -0.4 is 20.4 Å². The molecule has 11 aromatic rings. The van der Waals surface area contributed by atoms with Gasteiger partial charge in [-0.1, -0.05) is 133 Å². The molecule has 2 saturated carbocycles. The summed E-state index contributed by atoms with van der Waals surface area (Å²) in [6.45, 7) is 15.9. The number of carbonyl (C=O) groups is 5. The fourth-order valence-corrected chi connectivity index (χ4v) is 14.9. The molecule has 0 spiro atoms. The number of H-pyrrole nitrogens is 1. The summed E-state index contributed by atoms with van der Waals surface area (Å²) >= 11 is 0. The second-order valence-electron chi connectivity index (χ2n) is 28.0. The number of nitrogens with zero attached hydrogens (tertiary/aromatic N) is 8. The minimum absolute atomic E-state index is 0.00182. The van der Waals surface area contributed by atoms with E-state index in [2.05, 4.69) is 93.6 Å². The van der Waals surface area contributed by atoms with Crippen LogP contribution in [0.3, 0.4) is 0 Å². The van der Waals surface area contributed by atoms with E-state index < -0.39 is 0 Å². The second-order valence-corrected chi connectivity index (χ2v) is 28.0. The third-order valence-corrected chi connectivity index (χ3v) is 20.9. The summed E-state index contributed by atoms with van der Waals surface area (Å²) in [6, 6.07) is 62.8. The number of rotatable bonds is 16. The van der Waals surface area contributed by atoms with E-state index in [1.54, 1.807) is 0 Å². The number of anilines is 3. The van der Waals surface area contributed by atoms with Gasteiger partial charge in [0, 0.05) is 122 Å². The summed E-state index contributed by atoms with van der Waals surface area (Å²) in [7, 11) is 0. The van der Waals surface area contributed by atoms with Crippen molar-refractivity contribution in [3.63, 3.8) is 0 Å². The van der Waals surface area contributed by atoms with Gasteiger partial charge < -0.3 is 34.6 Å². The van der Waals surface area contributed by atoms with Crippen molar-refractivity contribution in [1.29, 1.82) is 0 Å². The lowest BCUT2D eigenvalue weighted by Crippen LogP contribution is -2.32. The molecule has 516 valence electrons. The molecule has 15 heteroatoms. The Bertz CT molecular complexity index is 5000. The number of amides is 3. The van der Waals surface area contributed by atoms with Crippen LogP contribution in [0.25, 0.3) is 33.8 Å². The van der Waals surface area contributed by atoms with Crippen LogP contribution in [-0.2, 0) is 61.3 Å². The number of fused-ring (bicyclic) bond motifs is 9. The van der Waals surface area contributed by atoms with E-state index in [4.69, 9.17) is 15.7 Å². The van der Waals surface area contributed by atoms with E-state index in [1.807, 2.05) is 170 Å². The Morgan fingerprint density at radius 1 is 0.431 bits per heavy atom. The molecule has 0 radical (unpaired) electrons. The van der Waals surface area contributed by atoms with Gasteiger partial charge in [-0.2, -0.15) is 0 Å². The molecule has 5 aliphatic rings. The largest absolute Gasteiger partial charge is 0.346 e.